The van der Waals surface area contributed by atoms with E-state index in [9.17, 15) is 4.79 Å². The van der Waals surface area contributed by atoms with E-state index >= 15 is 0 Å². The van der Waals surface area contributed by atoms with E-state index in [4.69, 9.17) is 9.52 Å². The van der Waals surface area contributed by atoms with Gasteiger partial charge < -0.3 is 9.52 Å². The largest absolute Gasteiger partial charge is 0.478 e. The van der Waals surface area contributed by atoms with Crippen LogP contribution in [0.15, 0.2) is 40.9 Å². The van der Waals surface area contributed by atoms with E-state index in [1.807, 2.05) is 30.3 Å². The van der Waals surface area contributed by atoms with Gasteiger partial charge in [0.25, 0.3) is 0 Å². The van der Waals surface area contributed by atoms with Crippen LogP contribution in [0, 0.1) is 0 Å². The Kier molecular flexibility index (Phi) is 2.19. The third-order valence-corrected chi connectivity index (χ3v) is 3.26. The Balaban J connectivity index is 2.20. The van der Waals surface area contributed by atoms with Crippen molar-refractivity contribution in [2.45, 2.75) is 0 Å². The fraction of sp³-hybridized carbons (Fsp3) is 0. The third-order valence-electron chi connectivity index (χ3n) is 2.45. The lowest BCUT2D eigenvalue weighted by atomic mass is 10.2. The quantitative estimate of drug-likeness (QED) is 0.752. The zero-order valence-electron chi connectivity index (χ0n) is 8.58. The predicted octanol–water partition coefficient (Wildman–Crippen LogP) is 3.25. The monoisotopic (exact) mass is 245 g/mol. The van der Waals surface area contributed by atoms with E-state index in [0.717, 1.165) is 22.5 Å². The van der Waals surface area contributed by atoms with Gasteiger partial charge in [-0.15, -0.1) is 0 Å². The van der Waals surface area contributed by atoms with Crippen molar-refractivity contribution in [2.24, 2.45) is 0 Å². The molecule has 0 fully saturated rings. The molecule has 0 saturated heterocycles. The Labute approximate surface area is 100 Å². The lowest BCUT2D eigenvalue weighted by Crippen LogP contribution is -1.94. The van der Waals surface area contributed by atoms with Gasteiger partial charge in [0, 0.05) is 5.39 Å². The van der Waals surface area contributed by atoms with E-state index < -0.39 is 5.97 Å². The van der Waals surface area contributed by atoms with E-state index in [1.165, 1.54) is 6.20 Å². The van der Waals surface area contributed by atoms with Gasteiger partial charge in [0.15, 0.2) is 0 Å². The molecule has 2 heterocycles. The number of fused-ring (bicyclic) bond motifs is 1. The summed E-state index contributed by atoms with van der Waals surface area (Å²) in [7, 11) is 0. The standard InChI is InChI=1S/C12H7NO3S/c14-12(15)8-6-13-17-11(8)10-5-7-3-1-2-4-9(7)16-10/h1-6H,(H,14,15). The van der Waals surface area contributed by atoms with Crippen LogP contribution >= 0.6 is 11.5 Å². The van der Waals surface area contributed by atoms with Crippen LogP contribution in [-0.2, 0) is 0 Å². The van der Waals surface area contributed by atoms with Crippen molar-refractivity contribution in [3.63, 3.8) is 0 Å². The minimum Gasteiger partial charge on any atom is -0.478 e. The molecular weight excluding hydrogens is 238 g/mol. The van der Waals surface area contributed by atoms with Crippen LogP contribution in [0.25, 0.3) is 21.6 Å². The first-order valence-electron chi connectivity index (χ1n) is 4.92. The zero-order chi connectivity index (χ0) is 11.8. The first-order chi connectivity index (χ1) is 8.25. The summed E-state index contributed by atoms with van der Waals surface area (Å²) in [5, 5.41) is 9.97. The molecule has 0 unspecified atom stereocenters. The van der Waals surface area contributed by atoms with Gasteiger partial charge in [-0.25, -0.2) is 4.79 Å². The summed E-state index contributed by atoms with van der Waals surface area (Å²) in [5.74, 6) is -0.444. The first kappa shape index (κ1) is 10.0. The number of aromatic carboxylic acids is 1. The molecular formula is C12H7NO3S. The van der Waals surface area contributed by atoms with Crippen LogP contribution in [0.1, 0.15) is 10.4 Å². The number of furan rings is 1. The molecule has 0 bridgehead atoms. The Morgan fingerprint density at radius 1 is 1.35 bits per heavy atom. The number of carboxylic acids is 1. The highest BCUT2D eigenvalue weighted by Crippen LogP contribution is 2.32. The molecule has 0 atom stereocenters. The average molecular weight is 245 g/mol. The molecule has 4 nitrogen and oxygen atoms in total. The molecule has 0 aliphatic heterocycles. The molecule has 1 aromatic carbocycles. The fourth-order valence-corrected chi connectivity index (χ4v) is 2.36. The van der Waals surface area contributed by atoms with Crippen molar-refractivity contribution < 1.29 is 14.3 Å². The number of hydrogen-bond donors (Lipinski definition) is 1. The molecule has 0 aliphatic carbocycles. The molecule has 0 amide bonds. The van der Waals surface area contributed by atoms with Gasteiger partial charge in [0.05, 0.1) is 6.20 Å². The molecule has 1 N–H and O–H groups in total. The second kappa shape index (κ2) is 3.71. The Hall–Kier alpha value is -2.14. The lowest BCUT2D eigenvalue weighted by Gasteiger charge is -1.92. The van der Waals surface area contributed by atoms with E-state index in [0.29, 0.717) is 10.6 Å². The molecule has 0 aliphatic rings. The minimum absolute atomic E-state index is 0.175. The third kappa shape index (κ3) is 1.60. The highest BCUT2D eigenvalue weighted by molar-refractivity contribution is 7.09. The molecule has 0 radical (unpaired) electrons. The number of hydrogen-bond acceptors (Lipinski definition) is 4. The predicted molar refractivity (Wildman–Crippen MR) is 64.3 cm³/mol. The normalized spacial score (nSPS) is 10.8. The van der Waals surface area contributed by atoms with Crippen molar-refractivity contribution in [3.05, 3.63) is 42.1 Å². The van der Waals surface area contributed by atoms with Crippen LogP contribution in [-0.4, -0.2) is 15.4 Å². The maximum atomic E-state index is 11.0. The molecule has 84 valence electrons. The zero-order valence-corrected chi connectivity index (χ0v) is 9.40. The van der Waals surface area contributed by atoms with Gasteiger partial charge in [-0.1, -0.05) is 18.2 Å². The van der Waals surface area contributed by atoms with Gasteiger partial charge in [0.1, 0.15) is 21.8 Å². The first-order valence-corrected chi connectivity index (χ1v) is 5.70. The summed E-state index contributed by atoms with van der Waals surface area (Å²) in [4.78, 5) is 11.5. The maximum Gasteiger partial charge on any atom is 0.338 e. The molecule has 5 heteroatoms. The molecule has 3 rings (SSSR count). The summed E-state index contributed by atoms with van der Waals surface area (Å²) in [6, 6.07) is 9.38. The number of benzene rings is 1. The summed E-state index contributed by atoms with van der Waals surface area (Å²) >= 11 is 1.12. The van der Waals surface area contributed by atoms with Crippen LogP contribution in [0.4, 0.5) is 0 Å². The van der Waals surface area contributed by atoms with Crippen molar-refractivity contribution in [1.82, 2.24) is 4.37 Å². The summed E-state index contributed by atoms with van der Waals surface area (Å²) in [5.41, 5.74) is 0.918. The number of nitrogens with zero attached hydrogens (tertiary/aromatic N) is 1. The maximum absolute atomic E-state index is 11.0. The van der Waals surface area contributed by atoms with Gasteiger partial charge in [-0.3, -0.25) is 0 Å². The molecule has 3 aromatic rings. The topological polar surface area (TPSA) is 63.3 Å². The molecule has 2 aromatic heterocycles. The second-order valence-corrected chi connectivity index (χ2v) is 4.32. The van der Waals surface area contributed by atoms with Crippen LogP contribution in [0.3, 0.4) is 0 Å². The summed E-state index contributed by atoms with van der Waals surface area (Å²) in [6.07, 6.45) is 1.34. The van der Waals surface area contributed by atoms with Gasteiger partial charge in [0.2, 0.25) is 0 Å². The highest BCUT2D eigenvalue weighted by atomic mass is 32.1. The van der Waals surface area contributed by atoms with Crippen molar-refractivity contribution in [3.8, 4) is 10.6 Å². The average Bonchev–Trinajstić information content (AvgIpc) is 2.95. The lowest BCUT2D eigenvalue weighted by molar-refractivity contribution is 0.0698. The second-order valence-electron chi connectivity index (χ2n) is 3.52. The molecule has 0 spiro atoms. The molecule has 0 saturated carbocycles. The minimum atomic E-state index is -0.991. The Bertz CT molecular complexity index is 665. The van der Waals surface area contributed by atoms with E-state index in [1.54, 1.807) is 0 Å². The highest BCUT2D eigenvalue weighted by Gasteiger charge is 2.17. The van der Waals surface area contributed by atoms with Crippen molar-refractivity contribution in [2.75, 3.05) is 0 Å². The fourth-order valence-electron chi connectivity index (χ4n) is 1.66. The van der Waals surface area contributed by atoms with Crippen LogP contribution < -0.4 is 0 Å². The number of carboxylic acid groups (broad SMARTS) is 1. The van der Waals surface area contributed by atoms with Crippen LogP contribution in [0.2, 0.25) is 0 Å². The molecule has 17 heavy (non-hydrogen) atoms. The van der Waals surface area contributed by atoms with E-state index in [-0.39, 0.29) is 5.56 Å². The van der Waals surface area contributed by atoms with E-state index in [2.05, 4.69) is 4.37 Å². The van der Waals surface area contributed by atoms with Crippen molar-refractivity contribution >= 4 is 28.5 Å². The number of aromatic nitrogens is 1. The van der Waals surface area contributed by atoms with Gasteiger partial charge in [-0.2, -0.15) is 4.37 Å². The Morgan fingerprint density at radius 3 is 2.94 bits per heavy atom. The summed E-state index contributed by atoms with van der Waals surface area (Å²) < 4.78 is 9.50. The number of carbonyl (C=O) groups is 1. The number of rotatable bonds is 2. The smallest absolute Gasteiger partial charge is 0.338 e. The SMILES string of the molecule is O=C(O)c1cnsc1-c1cc2ccccc2o1. The number of para-hydroxylation sites is 1. The van der Waals surface area contributed by atoms with Crippen molar-refractivity contribution in [1.29, 1.82) is 0 Å². The van der Waals surface area contributed by atoms with Gasteiger partial charge in [-0.05, 0) is 23.7 Å². The Morgan fingerprint density at radius 2 is 2.18 bits per heavy atom. The summed E-state index contributed by atoms with van der Waals surface area (Å²) in [6.45, 7) is 0. The van der Waals surface area contributed by atoms with Gasteiger partial charge >= 0.3 is 5.97 Å². The van der Waals surface area contributed by atoms with Crippen LogP contribution in [0.5, 0.6) is 0 Å².